The monoisotopic (exact) mass is 306 g/mol. The minimum absolute atomic E-state index is 0.153. The predicted octanol–water partition coefficient (Wildman–Crippen LogP) is 6.09. The van der Waals surface area contributed by atoms with Gasteiger partial charge >= 0.3 is 0 Å². The molecule has 2 atom stereocenters. The van der Waals surface area contributed by atoms with Gasteiger partial charge < -0.3 is 4.74 Å². The lowest BCUT2D eigenvalue weighted by Crippen LogP contribution is -2.09. The number of hydrogen-bond donors (Lipinski definition) is 0. The van der Waals surface area contributed by atoms with E-state index in [4.69, 9.17) is 4.74 Å². The van der Waals surface area contributed by atoms with Gasteiger partial charge in [-0.15, -0.1) is 13.2 Å². The molecule has 23 heavy (non-hydrogen) atoms. The second-order valence-corrected chi connectivity index (χ2v) is 6.17. The van der Waals surface area contributed by atoms with Gasteiger partial charge in [-0.1, -0.05) is 59.7 Å². The maximum atomic E-state index is 6.33. The average molecular weight is 306 g/mol. The molecule has 0 fully saturated rings. The van der Waals surface area contributed by atoms with Crippen LogP contribution in [0.2, 0.25) is 0 Å². The average Bonchev–Trinajstić information content (AvgIpc) is 2.50. The molecule has 0 aromatic heterocycles. The molecule has 120 valence electrons. The molecule has 0 aliphatic carbocycles. The summed E-state index contributed by atoms with van der Waals surface area (Å²) in [7, 11) is 0. The van der Waals surface area contributed by atoms with E-state index >= 15 is 0 Å². The highest BCUT2D eigenvalue weighted by Crippen LogP contribution is 2.32. The molecule has 0 heterocycles. The third-order valence-corrected chi connectivity index (χ3v) is 4.19. The Morgan fingerprint density at radius 1 is 0.739 bits per heavy atom. The molecule has 0 N–H and O–H groups in total. The summed E-state index contributed by atoms with van der Waals surface area (Å²) < 4.78 is 6.33. The standard InChI is InChI=1S/C22H26O/c1-7-21(19-11-9-15(3)13-17(19)5)23-22(8-2)20-12-10-16(4)14-18(20)6/h7-14,21-22H,1-2H2,3-6H3. The summed E-state index contributed by atoms with van der Waals surface area (Å²) in [5, 5.41) is 0. The molecule has 0 aliphatic heterocycles. The second-order valence-electron chi connectivity index (χ2n) is 6.17. The van der Waals surface area contributed by atoms with E-state index in [9.17, 15) is 0 Å². The van der Waals surface area contributed by atoms with Crippen LogP contribution < -0.4 is 0 Å². The van der Waals surface area contributed by atoms with Crippen molar-refractivity contribution in [3.05, 3.63) is 95.1 Å². The molecule has 0 aliphatic rings. The van der Waals surface area contributed by atoms with Crippen molar-refractivity contribution >= 4 is 0 Å². The first-order chi connectivity index (χ1) is 11.0. The topological polar surface area (TPSA) is 9.23 Å². The summed E-state index contributed by atoms with van der Waals surface area (Å²) in [5.41, 5.74) is 7.26. The van der Waals surface area contributed by atoms with Crippen LogP contribution in [0.15, 0.2) is 61.7 Å². The van der Waals surface area contributed by atoms with Crippen molar-refractivity contribution in [2.75, 3.05) is 0 Å². The maximum Gasteiger partial charge on any atom is 0.102 e. The molecule has 1 nitrogen and oxygen atoms in total. The van der Waals surface area contributed by atoms with Crippen molar-refractivity contribution in [1.29, 1.82) is 0 Å². The molecule has 0 bridgehead atoms. The fourth-order valence-electron chi connectivity index (χ4n) is 2.96. The first-order valence-electron chi connectivity index (χ1n) is 8.01. The van der Waals surface area contributed by atoms with E-state index in [1.54, 1.807) is 0 Å². The fraction of sp³-hybridized carbons (Fsp3) is 0.273. The van der Waals surface area contributed by atoms with Crippen molar-refractivity contribution in [1.82, 2.24) is 0 Å². The zero-order valence-electron chi connectivity index (χ0n) is 14.6. The van der Waals surface area contributed by atoms with Gasteiger partial charge in [0.05, 0.1) is 0 Å². The highest BCUT2D eigenvalue weighted by Gasteiger charge is 2.18. The molecule has 0 spiro atoms. The van der Waals surface area contributed by atoms with E-state index in [0.29, 0.717) is 0 Å². The van der Waals surface area contributed by atoms with Gasteiger partial charge in [-0.3, -0.25) is 0 Å². The summed E-state index contributed by atoms with van der Waals surface area (Å²) in [6, 6.07) is 12.8. The fourth-order valence-corrected chi connectivity index (χ4v) is 2.96. The van der Waals surface area contributed by atoms with Gasteiger partial charge in [-0.25, -0.2) is 0 Å². The normalized spacial score (nSPS) is 13.4. The van der Waals surface area contributed by atoms with Gasteiger partial charge in [0.2, 0.25) is 0 Å². The lowest BCUT2D eigenvalue weighted by molar-refractivity contribution is 0.0396. The van der Waals surface area contributed by atoms with Crippen LogP contribution >= 0.6 is 0 Å². The Bertz CT molecular complexity index is 650. The highest BCUT2D eigenvalue weighted by molar-refractivity contribution is 5.36. The second kappa shape index (κ2) is 7.43. The summed E-state index contributed by atoms with van der Waals surface area (Å²) in [6.45, 7) is 16.3. The molecule has 1 heteroatoms. The smallest absolute Gasteiger partial charge is 0.102 e. The van der Waals surface area contributed by atoms with Gasteiger partial charge in [-0.05, 0) is 49.9 Å². The van der Waals surface area contributed by atoms with Crippen LogP contribution in [0, 0.1) is 27.7 Å². The quantitative estimate of drug-likeness (QED) is 0.587. The van der Waals surface area contributed by atoms with Gasteiger partial charge in [0.25, 0.3) is 0 Å². The number of rotatable bonds is 6. The lowest BCUT2D eigenvalue weighted by Gasteiger charge is -2.24. The molecule has 0 amide bonds. The van der Waals surface area contributed by atoms with Crippen molar-refractivity contribution in [2.45, 2.75) is 39.9 Å². The van der Waals surface area contributed by atoms with E-state index in [0.717, 1.165) is 11.1 Å². The molecular weight excluding hydrogens is 280 g/mol. The van der Waals surface area contributed by atoms with Crippen molar-refractivity contribution in [3.63, 3.8) is 0 Å². The van der Waals surface area contributed by atoms with Crippen LogP contribution in [0.4, 0.5) is 0 Å². The molecular formula is C22H26O. The summed E-state index contributed by atoms with van der Waals surface area (Å²) in [5.74, 6) is 0. The minimum Gasteiger partial charge on any atom is -0.357 e. The highest BCUT2D eigenvalue weighted by atomic mass is 16.5. The van der Waals surface area contributed by atoms with Crippen LogP contribution in [0.25, 0.3) is 0 Å². The summed E-state index contributed by atoms with van der Waals surface area (Å²) in [4.78, 5) is 0. The van der Waals surface area contributed by atoms with E-state index in [-0.39, 0.29) is 12.2 Å². The van der Waals surface area contributed by atoms with E-state index in [1.807, 2.05) is 12.2 Å². The van der Waals surface area contributed by atoms with Gasteiger partial charge in [0, 0.05) is 0 Å². The number of ether oxygens (including phenoxy) is 1. The predicted molar refractivity (Wildman–Crippen MR) is 98.8 cm³/mol. The van der Waals surface area contributed by atoms with Gasteiger partial charge in [-0.2, -0.15) is 0 Å². The SMILES string of the molecule is C=CC(OC(C=C)c1ccc(C)cc1C)c1ccc(C)cc1C. The van der Waals surface area contributed by atoms with Crippen LogP contribution in [-0.4, -0.2) is 0 Å². The van der Waals surface area contributed by atoms with Crippen molar-refractivity contribution in [2.24, 2.45) is 0 Å². The van der Waals surface area contributed by atoms with Crippen LogP contribution in [-0.2, 0) is 4.74 Å². The molecule has 2 unspecified atom stereocenters. The Labute approximate surface area is 140 Å². The third kappa shape index (κ3) is 4.00. The van der Waals surface area contributed by atoms with Crippen molar-refractivity contribution in [3.8, 4) is 0 Å². The number of hydrogen-bond acceptors (Lipinski definition) is 1. The van der Waals surface area contributed by atoms with E-state index in [2.05, 4.69) is 77.3 Å². The number of benzene rings is 2. The molecule has 2 aromatic carbocycles. The summed E-state index contributed by atoms with van der Waals surface area (Å²) in [6.07, 6.45) is 3.41. The summed E-state index contributed by atoms with van der Waals surface area (Å²) >= 11 is 0. The van der Waals surface area contributed by atoms with Crippen LogP contribution in [0.1, 0.15) is 45.6 Å². The van der Waals surface area contributed by atoms with Gasteiger partial charge in [0.1, 0.15) is 12.2 Å². The van der Waals surface area contributed by atoms with Gasteiger partial charge in [0.15, 0.2) is 0 Å². The lowest BCUT2D eigenvalue weighted by atomic mass is 9.98. The largest absolute Gasteiger partial charge is 0.357 e. The molecule has 0 saturated carbocycles. The molecule has 0 radical (unpaired) electrons. The Balaban J connectivity index is 2.31. The molecule has 2 rings (SSSR count). The maximum absolute atomic E-state index is 6.33. The van der Waals surface area contributed by atoms with Crippen molar-refractivity contribution < 1.29 is 4.74 Å². The first-order valence-corrected chi connectivity index (χ1v) is 8.01. The number of aryl methyl sites for hydroxylation is 4. The Hall–Kier alpha value is -2.12. The minimum atomic E-state index is -0.153. The first kappa shape index (κ1) is 17.2. The molecule has 0 saturated heterocycles. The third-order valence-electron chi connectivity index (χ3n) is 4.19. The van der Waals surface area contributed by atoms with E-state index in [1.165, 1.54) is 22.3 Å². The Morgan fingerprint density at radius 3 is 1.43 bits per heavy atom. The van der Waals surface area contributed by atoms with Crippen LogP contribution in [0.5, 0.6) is 0 Å². The zero-order chi connectivity index (χ0) is 17.0. The van der Waals surface area contributed by atoms with E-state index < -0.39 is 0 Å². The zero-order valence-corrected chi connectivity index (χ0v) is 14.6. The Morgan fingerprint density at radius 2 is 1.13 bits per heavy atom. The Kier molecular flexibility index (Phi) is 5.57. The van der Waals surface area contributed by atoms with Crippen LogP contribution in [0.3, 0.4) is 0 Å². The molecule has 2 aromatic rings.